The number of rotatable bonds is 4. The first kappa shape index (κ1) is 12.9. The van der Waals surface area contributed by atoms with Gasteiger partial charge in [0.1, 0.15) is 17.1 Å². The monoisotopic (exact) mass is 286 g/mol. The van der Waals surface area contributed by atoms with Crippen LogP contribution in [0.15, 0.2) is 45.9 Å². The van der Waals surface area contributed by atoms with Crippen molar-refractivity contribution < 1.29 is 4.52 Å². The minimum atomic E-state index is 0.562. The average Bonchev–Trinajstić information content (AvgIpc) is 3.09. The summed E-state index contributed by atoms with van der Waals surface area (Å²) in [6.45, 7) is 2.43. The quantitative estimate of drug-likeness (QED) is 0.690. The van der Waals surface area contributed by atoms with Gasteiger partial charge in [-0.25, -0.2) is 4.68 Å². The Balaban J connectivity index is 1.82. The van der Waals surface area contributed by atoms with Crippen LogP contribution in [0.1, 0.15) is 11.5 Å². The van der Waals surface area contributed by atoms with Gasteiger partial charge in [0, 0.05) is 16.5 Å². The van der Waals surface area contributed by atoms with E-state index in [1.807, 2.05) is 31.3 Å². The van der Waals surface area contributed by atoms with Gasteiger partial charge in [-0.05, 0) is 25.3 Å². The summed E-state index contributed by atoms with van der Waals surface area (Å²) in [5.41, 5.74) is 2.78. The van der Waals surface area contributed by atoms with Crippen LogP contribution in [0.2, 0.25) is 0 Å². The summed E-state index contributed by atoms with van der Waals surface area (Å²) in [5, 5.41) is 12.3. The first-order valence-corrected chi connectivity index (χ1v) is 7.44. The fourth-order valence-electron chi connectivity index (χ4n) is 1.95. The summed E-state index contributed by atoms with van der Waals surface area (Å²) in [6, 6.07) is 10.2. The van der Waals surface area contributed by atoms with Crippen molar-refractivity contribution in [1.82, 2.24) is 20.2 Å². The first-order valence-electron chi connectivity index (χ1n) is 6.21. The summed E-state index contributed by atoms with van der Waals surface area (Å²) < 4.78 is 6.81. The van der Waals surface area contributed by atoms with E-state index in [4.69, 9.17) is 4.52 Å². The number of benzene rings is 1. The van der Waals surface area contributed by atoms with Gasteiger partial charge in [-0.3, -0.25) is 0 Å². The molecule has 0 aliphatic carbocycles. The van der Waals surface area contributed by atoms with Crippen LogP contribution in [0.3, 0.4) is 0 Å². The third-order valence-electron chi connectivity index (χ3n) is 2.90. The second-order valence-electron chi connectivity index (χ2n) is 4.46. The molecule has 0 atom stereocenters. The molecule has 2 heterocycles. The number of hydrogen-bond acceptors (Lipinski definition) is 5. The molecule has 6 heteroatoms. The van der Waals surface area contributed by atoms with Gasteiger partial charge in [0.05, 0.1) is 12.7 Å². The summed E-state index contributed by atoms with van der Waals surface area (Å²) in [6.07, 6.45) is 3.98. The molecule has 0 N–H and O–H groups in total. The van der Waals surface area contributed by atoms with E-state index in [-0.39, 0.29) is 0 Å². The van der Waals surface area contributed by atoms with Crippen LogP contribution in [-0.2, 0) is 6.54 Å². The van der Waals surface area contributed by atoms with Crippen LogP contribution in [0.5, 0.6) is 0 Å². The van der Waals surface area contributed by atoms with Crippen LogP contribution >= 0.6 is 11.8 Å². The Hall–Kier alpha value is -2.08. The number of thioether (sulfide) groups is 1. The van der Waals surface area contributed by atoms with E-state index >= 15 is 0 Å². The Morgan fingerprint density at radius 3 is 2.95 bits per heavy atom. The Labute approximate surface area is 121 Å². The highest BCUT2D eigenvalue weighted by Crippen LogP contribution is 2.22. The zero-order valence-corrected chi connectivity index (χ0v) is 12.1. The Bertz CT molecular complexity index is 719. The topological polar surface area (TPSA) is 56.7 Å². The normalized spacial score (nSPS) is 10.9. The van der Waals surface area contributed by atoms with Crippen LogP contribution in [-0.4, -0.2) is 26.4 Å². The highest BCUT2D eigenvalue weighted by Gasteiger charge is 2.07. The van der Waals surface area contributed by atoms with Gasteiger partial charge in [0.25, 0.3) is 0 Å². The van der Waals surface area contributed by atoms with E-state index in [1.54, 1.807) is 16.4 Å². The van der Waals surface area contributed by atoms with Crippen molar-refractivity contribution in [2.45, 2.75) is 18.4 Å². The predicted molar refractivity (Wildman–Crippen MR) is 77.6 cm³/mol. The zero-order chi connectivity index (χ0) is 13.9. The van der Waals surface area contributed by atoms with Crippen molar-refractivity contribution in [3.8, 4) is 11.3 Å². The average molecular weight is 286 g/mol. The highest BCUT2D eigenvalue weighted by molar-refractivity contribution is 7.98. The molecule has 1 aromatic carbocycles. The molecule has 0 aliphatic heterocycles. The summed E-state index contributed by atoms with van der Waals surface area (Å²) in [5.74, 6) is 0.799. The third kappa shape index (κ3) is 2.75. The Morgan fingerprint density at radius 2 is 2.20 bits per heavy atom. The molecule has 0 amide bonds. The van der Waals surface area contributed by atoms with Crippen molar-refractivity contribution in [1.29, 1.82) is 0 Å². The Morgan fingerprint density at radius 1 is 1.30 bits per heavy atom. The zero-order valence-electron chi connectivity index (χ0n) is 11.3. The molecule has 0 spiro atoms. The van der Waals surface area contributed by atoms with Crippen molar-refractivity contribution in [3.63, 3.8) is 0 Å². The maximum absolute atomic E-state index is 5.04. The summed E-state index contributed by atoms with van der Waals surface area (Å²) >= 11 is 1.71. The summed E-state index contributed by atoms with van der Waals surface area (Å²) in [7, 11) is 0. The lowest BCUT2D eigenvalue weighted by Gasteiger charge is -1.99. The van der Waals surface area contributed by atoms with Crippen molar-refractivity contribution in [3.05, 3.63) is 48.0 Å². The lowest BCUT2D eigenvalue weighted by atomic mass is 10.2. The lowest BCUT2D eigenvalue weighted by Crippen LogP contribution is -2.00. The predicted octanol–water partition coefficient (Wildman–Crippen LogP) is 3.01. The van der Waals surface area contributed by atoms with Crippen molar-refractivity contribution in [2.24, 2.45) is 0 Å². The van der Waals surface area contributed by atoms with Gasteiger partial charge in [-0.2, -0.15) is 0 Å². The van der Waals surface area contributed by atoms with Crippen molar-refractivity contribution in [2.75, 3.05) is 6.26 Å². The minimum Gasteiger partial charge on any atom is -0.361 e. The van der Waals surface area contributed by atoms with Gasteiger partial charge < -0.3 is 4.52 Å². The molecule has 3 aromatic rings. The number of aromatic nitrogens is 4. The third-order valence-corrected chi connectivity index (χ3v) is 3.63. The van der Waals surface area contributed by atoms with E-state index < -0.39 is 0 Å². The van der Waals surface area contributed by atoms with Crippen LogP contribution in [0.25, 0.3) is 11.3 Å². The fraction of sp³-hybridized carbons (Fsp3) is 0.214. The maximum Gasteiger partial charge on any atom is 0.133 e. The molecule has 0 aliphatic rings. The number of aryl methyl sites for hydroxylation is 1. The van der Waals surface area contributed by atoms with Gasteiger partial charge in [-0.1, -0.05) is 22.5 Å². The van der Waals surface area contributed by atoms with E-state index in [9.17, 15) is 0 Å². The second kappa shape index (κ2) is 5.50. The van der Waals surface area contributed by atoms with Gasteiger partial charge in [-0.15, -0.1) is 16.9 Å². The molecule has 20 heavy (non-hydrogen) atoms. The minimum absolute atomic E-state index is 0.562. The van der Waals surface area contributed by atoms with Crippen LogP contribution < -0.4 is 0 Å². The number of hydrogen-bond donors (Lipinski definition) is 0. The van der Waals surface area contributed by atoms with Crippen LogP contribution in [0, 0.1) is 6.92 Å². The first-order chi connectivity index (χ1) is 9.74. The molecule has 0 saturated carbocycles. The fourth-order valence-corrected chi connectivity index (χ4v) is 2.41. The summed E-state index contributed by atoms with van der Waals surface area (Å²) in [4.78, 5) is 1.21. The standard InChI is InChI=1S/C14H14N4OS/c1-10-6-12(16-19-10)8-18-9-14(15-17-18)11-4-3-5-13(7-11)20-2/h3-7,9H,8H2,1-2H3. The molecule has 0 bridgehead atoms. The van der Waals surface area contributed by atoms with Gasteiger partial charge >= 0.3 is 0 Å². The number of nitrogens with zero attached hydrogens (tertiary/aromatic N) is 4. The maximum atomic E-state index is 5.04. The largest absolute Gasteiger partial charge is 0.361 e. The van der Waals surface area contributed by atoms with E-state index in [0.717, 1.165) is 22.7 Å². The molecule has 5 nitrogen and oxygen atoms in total. The molecule has 102 valence electrons. The van der Waals surface area contributed by atoms with Gasteiger partial charge in [0.2, 0.25) is 0 Å². The van der Waals surface area contributed by atoms with Crippen molar-refractivity contribution >= 4 is 11.8 Å². The molecule has 0 saturated heterocycles. The van der Waals surface area contributed by atoms with E-state index in [1.165, 1.54) is 4.90 Å². The molecule has 0 fully saturated rings. The highest BCUT2D eigenvalue weighted by atomic mass is 32.2. The Kier molecular flexibility index (Phi) is 3.56. The molecule has 3 rings (SSSR count). The molecule has 2 aromatic heterocycles. The van der Waals surface area contributed by atoms with E-state index in [2.05, 4.69) is 33.9 Å². The van der Waals surface area contributed by atoms with Crippen LogP contribution in [0.4, 0.5) is 0 Å². The smallest absolute Gasteiger partial charge is 0.133 e. The molecule has 0 unspecified atom stereocenters. The molecular weight excluding hydrogens is 272 g/mol. The lowest BCUT2D eigenvalue weighted by molar-refractivity contribution is 0.387. The SMILES string of the molecule is CSc1cccc(-c2cn(Cc3cc(C)on3)nn2)c1. The molecule has 0 radical (unpaired) electrons. The second-order valence-corrected chi connectivity index (χ2v) is 5.34. The van der Waals surface area contributed by atoms with Gasteiger partial charge in [0.15, 0.2) is 0 Å². The van der Waals surface area contributed by atoms with E-state index in [0.29, 0.717) is 6.54 Å². The molecular formula is C14H14N4OS.